The van der Waals surface area contributed by atoms with Crippen LogP contribution in [0.1, 0.15) is 24.3 Å². The molecule has 4 aromatic heterocycles. The van der Waals surface area contributed by atoms with Crippen molar-refractivity contribution in [2.45, 2.75) is 32.5 Å². The summed E-state index contributed by atoms with van der Waals surface area (Å²) in [6.45, 7) is 4.85. The van der Waals surface area contributed by atoms with Crippen LogP contribution >= 0.6 is 23.6 Å². The van der Waals surface area contributed by atoms with E-state index < -0.39 is 0 Å². The number of thiophene rings is 1. The van der Waals surface area contributed by atoms with E-state index in [1.807, 2.05) is 4.40 Å². The van der Waals surface area contributed by atoms with Gasteiger partial charge >= 0.3 is 0 Å². The zero-order chi connectivity index (χ0) is 15.1. The Balaban J connectivity index is 2.06. The van der Waals surface area contributed by atoms with E-state index >= 15 is 0 Å². The zero-order valence-electron chi connectivity index (χ0n) is 12.0. The van der Waals surface area contributed by atoms with Gasteiger partial charge in [-0.3, -0.25) is 0 Å². The van der Waals surface area contributed by atoms with Crippen molar-refractivity contribution in [3.8, 4) is 0 Å². The molecule has 9 heteroatoms. The second kappa shape index (κ2) is 3.92. The van der Waals surface area contributed by atoms with Crippen molar-refractivity contribution >= 4 is 45.2 Å². The number of hydrogen-bond donors (Lipinski definition) is 1. The van der Waals surface area contributed by atoms with Gasteiger partial charge in [0.25, 0.3) is 5.78 Å². The molecule has 1 N–H and O–H groups in total. The second-order valence-electron chi connectivity index (χ2n) is 6.07. The van der Waals surface area contributed by atoms with Crippen LogP contribution in [0.4, 0.5) is 0 Å². The Hall–Kier alpha value is -1.84. The highest BCUT2D eigenvalue weighted by molar-refractivity contribution is 7.71. The lowest BCUT2D eigenvalue weighted by atomic mass is 9.94. The highest BCUT2D eigenvalue weighted by Gasteiger charge is 2.31. The lowest BCUT2D eigenvalue weighted by molar-refractivity contribution is -0.0379. The van der Waals surface area contributed by atoms with Crippen molar-refractivity contribution in [3.63, 3.8) is 0 Å². The van der Waals surface area contributed by atoms with E-state index in [1.54, 1.807) is 22.2 Å². The van der Waals surface area contributed by atoms with E-state index in [9.17, 15) is 0 Å². The molecule has 0 aromatic carbocycles. The molecule has 5 heterocycles. The number of H-pyrrole nitrogens is 1. The van der Waals surface area contributed by atoms with E-state index in [2.05, 4.69) is 34.1 Å². The Morgan fingerprint density at radius 1 is 1.45 bits per heavy atom. The molecule has 4 aromatic rings. The molecule has 7 nitrogen and oxygen atoms in total. The van der Waals surface area contributed by atoms with Crippen LogP contribution in [-0.4, -0.2) is 34.8 Å². The molecule has 0 fully saturated rings. The molecule has 0 atom stereocenters. The van der Waals surface area contributed by atoms with Gasteiger partial charge in [-0.25, -0.2) is 14.5 Å². The number of fused-ring (bicyclic) bond motifs is 8. The molecule has 0 bridgehead atoms. The lowest BCUT2D eigenvalue weighted by Crippen LogP contribution is -2.31. The Labute approximate surface area is 133 Å². The fraction of sp³-hybridized carbons (Fsp3) is 0.385. The van der Waals surface area contributed by atoms with E-state index in [-0.39, 0.29) is 5.60 Å². The molecule has 112 valence electrons. The summed E-state index contributed by atoms with van der Waals surface area (Å²) in [5, 5.41) is 12.5. The van der Waals surface area contributed by atoms with Crippen LogP contribution in [-0.2, 0) is 17.8 Å². The van der Waals surface area contributed by atoms with Crippen LogP contribution in [0.3, 0.4) is 0 Å². The minimum Gasteiger partial charge on any atom is -0.370 e. The molecule has 22 heavy (non-hydrogen) atoms. The van der Waals surface area contributed by atoms with Crippen molar-refractivity contribution in [2.24, 2.45) is 0 Å². The summed E-state index contributed by atoms with van der Waals surface area (Å²) in [7, 11) is 0. The maximum absolute atomic E-state index is 5.95. The van der Waals surface area contributed by atoms with Crippen LogP contribution in [0.25, 0.3) is 21.6 Å². The predicted octanol–water partition coefficient (Wildman–Crippen LogP) is 2.50. The molecular weight excluding hydrogens is 320 g/mol. The number of nitrogens with zero attached hydrogens (tertiary/aromatic N) is 5. The average molecular weight is 332 g/mol. The minimum atomic E-state index is -0.176. The van der Waals surface area contributed by atoms with Gasteiger partial charge in [0.05, 0.1) is 17.6 Å². The first-order valence-corrected chi connectivity index (χ1v) is 8.15. The van der Waals surface area contributed by atoms with Gasteiger partial charge in [0.2, 0.25) is 4.77 Å². The van der Waals surface area contributed by atoms with Crippen LogP contribution in [0.15, 0.2) is 6.33 Å². The topological polar surface area (TPSA) is 72.5 Å². The van der Waals surface area contributed by atoms with Gasteiger partial charge < -0.3 is 4.74 Å². The smallest absolute Gasteiger partial charge is 0.257 e. The molecule has 0 radical (unpaired) electrons. The molecule has 0 saturated heterocycles. The molecule has 0 amide bonds. The van der Waals surface area contributed by atoms with Gasteiger partial charge in [-0.1, -0.05) is 0 Å². The standard InChI is InChI=1S/C13H12N6OS2/c1-13(2)3-6-7(4-20-13)22-10-8(6)9-14-5-15-19(9)11-16-17-12(21)18(10)11/h5H,3-4H2,1-2H3,(H,17,21). The normalized spacial score (nSPS) is 17.5. The molecule has 1 aliphatic heterocycles. The third kappa shape index (κ3) is 1.48. The van der Waals surface area contributed by atoms with Crippen molar-refractivity contribution in [1.29, 1.82) is 0 Å². The first kappa shape index (κ1) is 12.7. The molecule has 0 unspecified atom stereocenters. The Morgan fingerprint density at radius 3 is 3.18 bits per heavy atom. The van der Waals surface area contributed by atoms with Crippen molar-refractivity contribution in [2.75, 3.05) is 0 Å². The van der Waals surface area contributed by atoms with Gasteiger partial charge in [0.15, 0.2) is 5.65 Å². The van der Waals surface area contributed by atoms with Crippen LogP contribution < -0.4 is 0 Å². The summed E-state index contributed by atoms with van der Waals surface area (Å²) in [5.74, 6) is 0.656. The van der Waals surface area contributed by atoms with E-state index in [4.69, 9.17) is 17.0 Å². The fourth-order valence-corrected chi connectivity index (χ4v) is 4.61. The van der Waals surface area contributed by atoms with Crippen molar-refractivity contribution in [1.82, 2.24) is 29.2 Å². The highest BCUT2D eigenvalue weighted by atomic mass is 32.1. The largest absolute Gasteiger partial charge is 0.370 e. The minimum absolute atomic E-state index is 0.176. The van der Waals surface area contributed by atoms with Crippen molar-refractivity contribution in [3.05, 3.63) is 21.5 Å². The number of nitrogens with one attached hydrogen (secondary N) is 1. The monoisotopic (exact) mass is 332 g/mol. The number of hydrogen-bond acceptors (Lipinski definition) is 6. The first-order valence-electron chi connectivity index (χ1n) is 6.92. The molecule has 5 rings (SSSR count). The van der Waals surface area contributed by atoms with Crippen LogP contribution in [0.5, 0.6) is 0 Å². The number of aromatic nitrogens is 6. The quantitative estimate of drug-likeness (QED) is 0.501. The van der Waals surface area contributed by atoms with E-state index in [0.29, 0.717) is 17.2 Å². The predicted molar refractivity (Wildman–Crippen MR) is 84.9 cm³/mol. The van der Waals surface area contributed by atoms with Gasteiger partial charge in [0.1, 0.15) is 11.2 Å². The summed E-state index contributed by atoms with van der Waals surface area (Å²) in [6.07, 6.45) is 2.41. The summed E-state index contributed by atoms with van der Waals surface area (Å²) in [5.41, 5.74) is 1.94. The Bertz CT molecular complexity index is 1110. The highest BCUT2D eigenvalue weighted by Crippen LogP contribution is 2.40. The lowest BCUT2D eigenvalue weighted by Gasteiger charge is -2.30. The SMILES string of the molecule is CC1(C)Cc2c(sc3c2c2ncnn2c2n[nH]c(=S)n32)CO1. The summed E-state index contributed by atoms with van der Waals surface area (Å²) >= 11 is 7.09. The number of ether oxygens (including phenoxy) is 1. The molecular formula is C13H12N6OS2. The van der Waals surface area contributed by atoms with Crippen LogP contribution in [0.2, 0.25) is 0 Å². The maximum atomic E-state index is 5.95. The number of aromatic amines is 1. The fourth-order valence-electron chi connectivity index (χ4n) is 3.10. The maximum Gasteiger partial charge on any atom is 0.257 e. The van der Waals surface area contributed by atoms with Gasteiger partial charge in [-0.2, -0.15) is 9.61 Å². The molecule has 0 spiro atoms. The third-order valence-corrected chi connectivity index (χ3v) is 5.55. The summed E-state index contributed by atoms with van der Waals surface area (Å²) in [6, 6.07) is 0. The Morgan fingerprint density at radius 2 is 2.32 bits per heavy atom. The van der Waals surface area contributed by atoms with Gasteiger partial charge in [-0.15, -0.1) is 16.4 Å². The van der Waals surface area contributed by atoms with E-state index in [0.717, 1.165) is 22.3 Å². The number of rotatable bonds is 0. The molecule has 0 aliphatic carbocycles. The zero-order valence-corrected chi connectivity index (χ0v) is 13.6. The third-order valence-electron chi connectivity index (χ3n) is 4.09. The molecule has 0 saturated carbocycles. The Kier molecular flexibility index (Phi) is 2.26. The summed E-state index contributed by atoms with van der Waals surface area (Å²) in [4.78, 5) is 6.74. The van der Waals surface area contributed by atoms with Crippen molar-refractivity contribution < 1.29 is 4.74 Å². The van der Waals surface area contributed by atoms with E-state index in [1.165, 1.54) is 10.4 Å². The molecule has 1 aliphatic rings. The first-order chi connectivity index (χ1) is 10.6. The summed E-state index contributed by atoms with van der Waals surface area (Å²) < 4.78 is 10.2. The van der Waals surface area contributed by atoms with Crippen LogP contribution in [0, 0.1) is 4.77 Å². The van der Waals surface area contributed by atoms with Gasteiger partial charge in [0, 0.05) is 11.3 Å². The van der Waals surface area contributed by atoms with Gasteiger partial charge in [-0.05, 0) is 31.6 Å². The average Bonchev–Trinajstić information content (AvgIpc) is 3.13. The second-order valence-corrected chi connectivity index (χ2v) is 7.54.